The molecule has 0 fully saturated rings. The zero-order valence-corrected chi connectivity index (χ0v) is 9.03. The van der Waals surface area contributed by atoms with Crippen molar-refractivity contribution in [2.75, 3.05) is 5.32 Å². The highest BCUT2D eigenvalue weighted by Crippen LogP contribution is 2.20. The lowest BCUT2D eigenvalue weighted by Crippen LogP contribution is -2.10. The lowest BCUT2D eigenvalue weighted by atomic mass is 10.3. The van der Waals surface area contributed by atoms with Gasteiger partial charge in [0.25, 0.3) is 0 Å². The van der Waals surface area contributed by atoms with Gasteiger partial charge in [-0.15, -0.1) is 0 Å². The van der Waals surface area contributed by atoms with E-state index < -0.39 is 0 Å². The number of anilines is 1. The fourth-order valence-electron chi connectivity index (χ4n) is 1.23. The fraction of sp³-hybridized carbons (Fsp3) is 0. The van der Waals surface area contributed by atoms with E-state index in [-0.39, 0.29) is 16.9 Å². The molecule has 0 saturated carbocycles. The molecule has 0 aliphatic rings. The maximum atomic E-state index is 11.1. The Labute approximate surface area is 97.0 Å². The van der Waals surface area contributed by atoms with Crippen LogP contribution in [-0.2, 0) is 4.79 Å². The summed E-state index contributed by atoms with van der Waals surface area (Å²) in [5, 5.41) is 2.65. The molecule has 0 unspecified atom stereocenters. The fourth-order valence-corrected chi connectivity index (χ4v) is 1.41. The number of carbonyl (C=O) groups excluding carboxylic acids is 1. The maximum Gasteiger partial charge on any atom is 0.249 e. The quantitative estimate of drug-likeness (QED) is 0.811. The Bertz CT molecular complexity index is 568. The normalized spacial score (nSPS) is 10.1. The Morgan fingerprint density at radius 3 is 2.56 bits per heavy atom. The van der Waals surface area contributed by atoms with Gasteiger partial charge in [0.1, 0.15) is 0 Å². The van der Waals surface area contributed by atoms with E-state index in [0.29, 0.717) is 11.0 Å². The molecule has 2 rings (SSSR count). The van der Waals surface area contributed by atoms with E-state index in [4.69, 9.17) is 11.6 Å². The van der Waals surface area contributed by atoms with Crippen molar-refractivity contribution in [3.05, 3.63) is 42.1 Å². The molecule has 5 heteroatoms. The molecule has 0 spiro atoms. The van der Waals surface area contributed by atoms with Gasteiger partial charge in [-0.1, -0.05) is 30.3 Å². The number of carbonyl (C=O) groups is 1. The van der Waals surface area contributed by atoms with E-state index in [9.17, 15) is 4.79 Å². The van der Waals surface area contributed by atoms with Crippen LogP contribution in [0.2, 0.25) is 5.15 Å². The first-order valence-corrected chi connectivity index (χ1v) is 4.94. The highest BCUT2D eigenvalue weighted by Gasteiger charge is 2.07. The number of fused-ring (bicyclic) bond motifs is 1. The van der Waals surface area contributed by atoms with Crippen LogP contribution in [0.15, 0.2) is 36.9 Å². The number of para-hydroxylation sites is 2. The molecule has 1 N–H and O–H groups in total. The van der Waals surface area contributed by atoms with E-state index in [1.54, 1.807) is 12.1 Å². The number of amides is 1. The average molecular weight is 234 g/mol. The molecule has 0 atom stereocenters. The summed E-state index contributed by atoms with van der Waals surface area (Å²) in [5.74, 6) is -0.128. The molecule has 1 aromatic heterocycles. The number of halogens is 1. The van der Waals surface area contributed by atoms with Crippen molar-refractivity contribution in [2.45, 2.75) is 0 Å². The summed E-state index contributed by atoms with van der Waals surface area (Å²) >= 11 is 5.88. The average Bonchev–Trinajstić information content (AvgIpc) is 2.30. The number of rotatable bonds is 2. The smallest absolute Gasteiger partial charge is 0.249 e. The second kappa shape index (κ2) is 4.28. The minimum Gasteiger partial charge on any atom is -0.304 e. The Balaban J connectivity index is 2.49. The molecular weight excluding hydrogens is 226 g/mol. The van der Waals surface area contributed by atoms with Crippen molar-refractivity contribution in [2.24, 2.45) is 0 Å². The summed E-state index contributed by atoms with van der Waals surface area (Å²) in [6, 6.07) is 7.27. The van der Waals surface area contributed by atoms with Gasteiger partial charge < -0.3 is 5.32 Å². The topological polar surface area (TPSA) is 54.9 Å². The van der Waals surface area contributed by atoms with E-state index in [1.165, 1.54) is 0 Å². The van der Waals surface area contributed by atoms with E-state index >= 15 is 0 Å². The second-order valence-electron chi connectivity index (χ2n) is 3.05. The summed E-state index contributed by atoms with van der Waals surface area (Å²) in [6.45, 7) is 3.35. The van der Waals surface area contributed by atoms with Crippen molar-refractivity contribution in [3.63, 3.8) is 0 Å². The Kier molecular flexibility index (Phi) is 2.83. The van der Waals surface area contributed by atoms with Gasteiger partial charge in [-0.05, 0) is 18.2 Å². The first-order valence-electron chi connectivity index (χ1n) is 4.56. The highest BCUT2D eigenvalue weighted by molar-refractivity contribution is 6.32. The third-order valence-electron chi connectivity index (χ3n) is 1.95. The van der Waals surface area contributed by atoms with E-state index in [1.807, 2.05) is 12.1 Å². The minimum atomic E-state index is -0.369. The van der Waals surface area contributed by atoms with Crippen molar-refractivity contribution < 1.29 is 4.79 Å². The minimum absolute atomic E-state index is 0.161. The van der Waals surface area contributed by atoms with E-state index in [2.05, 4.69) is 21.9 Å². The second-order valence-corrected chi connectivity index (χ2v) is 3.40. The van der Waals surface area contributed by atoms with Crippen LogP contribution >= 0.6 is 11.6 Å². The van der Waals surface area contributed by atoms with Crippen LogP contribution in [0.5, 0.6) is 0 Å². The number of hydrogen-bond donors (Lipinski definition) is 1. The molecule has 1 amide bonds. The van der Waals surface area contributed by atoms with Gasteiger partial charge in [0.2, 0.25) is 5.91 Å². The third kappa shape index (κ3) is 2.01. The standard InChI is InChI=1S/C11H8ClN3O/c1-2-9(16)15-11-10(12)13-7-5-3-4-6-8(7)14-11/h2-6H,1H2,(H,14,15,16). The molecule has 0 saturated heterocycles. The molecule has 0 aliphatic heterocycles. The summed E-state index contributed by atoms with van der Waals surface area (Å²) in [7, 11) is 0. The van der Waals surface area contributed by atoms with Gasteiger partial charge in [-0.3, -0.25) is 4.79 Å². The monoisotopic (exact) mass is 233 g/mol. The Hall–Kier alpha value is -1.94. The van der Waals surface area contributed by atoms with Crippen molar-refractivity contribution in [3.8, 4) is 0 Å². The number of aromatic nitrogens is 2. The van der Waals surface area contributed by atoms with Gasteiger partial charge in [0.15, 0.2) is 11.0 Å². The first kappa shape index (κ1) is 10.6. The van der Waals surface area contributed by atoms with Gasteiger partial charge >= 0.3 is 0 Å². The van der Waals surface area contributed by atoms with Gasteiger partial charge in [0, 0.05) is 0 Å². The Morgan fingerprint density at radius 2 is 1.94 bits per heavy atom. The largest absolute Gasteiger partial charge is 0.304 e. The lowest BCUT2D eigenvalue weighted by molar-refractivity contribution is -0.111. The molecule has 1 heterocycles. The number of nitrogens with one attached hydrogen (secondary N) is 1. The molecule has 80 valence electrons. The van der Waals surface area contributed by atoms with Crippen LogP contribution in [0.4, 0.5) is 5.82 Å². The van der Waals surface area contributed by atoms with Crippen molar-refractivity contribution in [1.82, 2.24) is 9.97 Å². The van der Waals surface area contributed by atoms with Crippen LogP contribution in [0.25, 0.3) is 11.0 Å². The zero-order valence-electron chi connectivity index (χ0n) is 8.27. The highest BCUT2D eigenvalue weighted by atomic mass is 35.5. The van der Waals surface area contributed by atoms with Crippen LogP contribution < -0.4 is 5.32 Å². The third-order valence-corrected chi connectivity index (χ3v) is 2.22. The lowest BCUT2D eigenvalue weighted by Gasteiger charge is -2.04. The zero-order chi connectivity index (χ0) is 11.5. The predicted octanol–water partition coefficient (Wildman–Crippen LogP) is 2.41. The van der Waals surface area contributed by atoms with Gasteiger partial charge in [-0.2, -0.15) is 0 Å². The number of hydrogen-bond acceptors (Lipinski definition) is 3. The van der Waals surface area contributed by atoms with Crippen molar-refractivity contribution >= 4 is 34.4 Å². The predicted molar refractivity (Wildman–Crippen MR) is 63.4 cm³/mol. The molecule has 4 nitrogen and oxygen atoms in total. The number of benzene rings is 1. The maximum absolute atomic E-state index is 11.1. The molecule has 0 bridgehead atoms. The molecule has 1 aromatic carbocycles. The summed E-state index contributed by atoms with van der Waals surface area (Å²) in [4.78, 5) is 19.4. The summed E-state index contributed by atoms with van der Waals surface area (Å²) in [5.41, 5.74) is 1.36. The number of nitrogens with zero attached hydrogens (tertiary/aromatic N) is 2. The molecule has 0 radical (unpaired) electrons. The SMILES string of the molecule is C=CC(=O)Nc1nc2ccccc2nc1Cl. The van der Waals surface area contributed by atoms with Crippen LogP contribution in [-0.4, -0.2) is 15.9 Å². The van der Waals surface area contributed by atoms with Crippen LogP contribution in [0.3, 0.4) is 0 Å². The molecule has 0 aliphatic carbocycles. The van der Waals surface area contributed by atoms with Gasteiger partial charge in [0.05, 0.1) is 11.0 Å². The summed E-state index contributed by atoms with van der Waals surface area (Å²) < 4.78 is 0. The molecule has 16 heavy (non-hydrogen) atoms. The van der Waals surface area contributed by atoms with E-state index in [0.717, 1.165) is 6.08 Å². The summed E-state index contributed by atoms with van der Waals surface area (Å²) in [6.07, 6.45) is 1.15. The van der Waals surface area contributed by atoms with Crippen LogP contribution in [0.1, 0.15) is 0 Å². The molecule has 2 aromatic rings. The van der Waals surface area contributed by atoms with Crippen molar-refractivity contribution in [1.29, 1.82) is 0 Å². The first-order chi connectivity index (χ1) is 7.70. The van der Waals surface area contributed by atoms with Gasteiger partial charge in [-0.25, -0.2) is 9.97 Å². The molecular formula is C11H8ClN3O. The Morgan fingerprint density at radius 1 is 1.31 bits per heavy atom. The van der Waals surface area contributed by atoms with Crippen LogP contribution in [0, 0.1) is 0 Å².